The highest BCUT2D eigenvalue weighted by Crippen LogP contribution is 2.18. The maximum atomic E-state index is 12.3. The lowest BCUT2D eigenvalue weighted by molar-refractivity contribution is 0.285. The maximum Gasteiger partial charge on any atom is 0.279 e. The van der Waals surface area contributed by atoms with Crippen molar-refractivity contribution in [2.24, 2.45) is 0 Å². The predicted molar refractivity (Wildman–Crippen MR) is 74.1 cm³/mol. The van der Waals surface area contributed by atoms with E-state index in [0.717, 1.165) is 13.0 Å². The number of hydrogen-bond acceptors (Lipinski definition) is 4. The highest BCUT2D eigenvalue weighted by molar-refractivity contribution is 5.71. The number of nitrogens with zero attached hydrogens (tertiary/aromatic N) is 4. The third-order valence-electron chi connectivity index (χ3n) is 3.96. The van der Waals surface area contributed by atoms with Crippen molar-refractivity contribution in [1.82, 2.24) is 19.4 Å². The van der Waals surface area contributed by atoms with Crippen LogP contribution in [0.4, 0.5) is 0 Å². The molecule has 0 amide bonds. The lowest BCUT2D eigenvalue weighted by Gasteiger charge is -2.19. The topological polar surface area (TPSA) is 51.0 Å². The minimum Gasteiger partial charge on any atom is -0.303 e. The van der Waals surface area contributed by atoms with E-state index in [1.54, 1.807) is 23.2 Å². The minimum absolute atomic E-state index is 0.0359. The molecule has 0 unspecified atom stereocenters. The zero-order chi connectivity index (χ0) is 13.2. The van der Waals surface area contributed by atoms with E-state index in [4.69, 9.17) is 0 Å². The average Bonchev–Trinajstić information content (AvgIpc) is 2.84. The van der Waals surface area contributed by atoms with E-state index in [9.17, 15) is 4.79 Å². The second-order valence-electron chi connectivity index (χ2n) is 5.18. The summed E-state index contributed by atoms with van der Waals surface area (Å²) < 4.78 is 1.68. The second kappa shape index (κ2) is 5.09. The van der Waals surface area contributed by atoms with E-state index in [2.05, 4.69) is 21.9 Å². The molecule has 100 valence electrons. The van der Waals surface area contributed by atoms with Crippen molar-refractivity contribution in [1.29, 1.82) is 0 Å². The van der Waals surface area contributed by atoms with Crippen LogP contribution in [0.25, 0.3) is 11.0 Å². The minimum atomic E-state index is -0.0359. The van der Waals surface area contributed by atoms with Gasteiger partial charge in [-0.3, -0.25) is 9.36 Å². The average molecular weight is 258 g/mol. The van der Waals surface area contributed by atoms with Gasteiger partial charge in [-0.2, -0.15) is 0 Å². The molecule has 3 rings (SSSR count). The molecule has 0 N–H and O–H groups in total. The van der Waals surface area contributed by atoms with Crippen molar-refractivity contribution in [2.45, 2.75) is 31.8 Å². The lowest BCUT2D eigenvalue weighted by atomic mass is 10.1. The zero-order valence-electron chi connectivity index (χ0n) is 11.1. The fourth-order valence-electron chi connectivity index (χ4n) is 2.78. The molecule has 2 aromatic heterocycles. The highest BCUT2D eigenvalue weighted by atomic mass is 16.1. The second-order valence-corrected chi connectivity index (χ2v) is 5.18. The summed E-state index contributed by atoms with van der Waals surface area (Å²) in [6, 6.07) is 4.21. The van der Waals surface area contributed by atoms with Gasteiger partial charge in [0.1, 0.15) is 0 Å². The van der Waals surface area contributed by atoms with Crippen LogP contribution in [-0.4, -0.2) is 39.1 Å². The van der Waals surface area contributed by atoms with E-state index in [-0.39, 0.29) is 5.56 Å². The molecule has 1 saturated heterocycles. The largest absolute Gasteiger partial charge is 0.303 e. The number of hydrogen-bond donors (Lipinski definition) is 0. The van der Waals surface area contributed by atoms with Crippen LogP contribution in [0.15, 0.2) is 29.5 Å². The van der Waals surface area contributed by atoms with Crippen LogP contribution >= 0.6 is 0 Å². The molecular weight excluding hydrogens is 240 g/mol. The Kier molecular flexibility index (Phi) is 3.29. The number of aryl methyl sites for hydroxylation is 1. The summed E-state index contributed by atoms with van der Waals surface area (Å²) in [5.74, 6) is 0. The molecule has 0 bridgehead atoms. The van der Waals surface area contributed by atoms with E-state index in [0.29, 0.717) is 23.6 Å². The quantitative estimate of drug-likeness (QED) is 0.832. The van der Waals surface area contributed by atoms with Crippen LogP contribution in [0.2, 0.25) is 0 Å². The van der Waals surface area contributed by atoms with E-state index < -0.39 is 0 Å². The Morgan fingerprint density at radius 3 is 3.11 bits per heavy atom. The van der Waals surface area contributed by atoms with Crippen LogP contribution in [-0.2, 0) is 6.54 Å². The van der Waals surface area contributed by atoms with Crippen LogP contribution in [0.5, 0.6) is 0 Å². The van der Waals surface area contributed by atoms with Gasteiger partial charge in [-0.25, -0.2) is 9.97 Å². The maximum absolute atomic E-state index is 12.3. The molecule has 0 aromatic carbocycles. The van der Waals surface area contributed by atoms with Crippen LogP contribution in [0.1, 0.15) is 19.3 Å². The summed E-state index contributed by atoms with van der Waals surface area (Å²) in [7, 11) is 2.15. The third kappa shape index (κ3) is 2.38. The van der Waals surface area contributed by atoms with Crippen LogP contribution in [0, 0.1) is 0 Å². The zero-order valence-corrected chi connectivity index (χ0v) is 11.1. The monoisotopic (exact) mass is 258 g/mol. The first-order valence-corrected chi connectivity index (χ1v) is 6.76. The Labute approximate surface area is 111 Å². The Balaban J connectivity index is 1.81. The lowest BCUT2D eigenvalue weighted by Crippen LogP contribution is -2.29. The molecule has 3 heterocycles. The number of aromatic nitrogens is 3. The molecule has 0 saturated carbocycles. The Morgan fingerprint density at radius 1 is 1.42 bits per heavy atom. The van der Waals surface area contributed by atoms with E-state index in [1.165, 1.54) is 12.8 Å². The number of rotatable bonds is 3. The van der Waals surface area contributed by atoms with Crippen molar-refractivity contribution < 1.29 is 0 Å². The van der Waals surface area contributed by atoms with Gasteiger partial charge in [0.2, 0.25) is 0 Å². The first-order valence-electron chi connectivity index (χ1n) is 6.76. The molecule has 5 nitrogen and oxygen atoms in total. The van der Waals surface area contributed by atoms with Gasteiger partial charge in [-0.1, -0.05) is 0 Å². The number of pyridine rings is 1. The molecule has 2 aromatic rings. The summed E-state index contributed by atoms with van der Waals surface area (Å²) in [6.45, 7) is 1.88. The smallest absolute Gasteiger partial charge is 0.279 e. The molecular formula is C14H18N4O. The van der Waals surface area contributed by atoms with Crippen molar-refractivity contribution in [3.63, 3.8) is 0 Å². The summed E-state index contributed by atoms with van der Waals surface area (Å²) in [4.78, 5) is 23.1. The predicted octanol–water partition coefficient (Wildman–Crippen LogP) is 1.28. The van der Waals surface area contributed by atoms with Gasteiger partial charge >= 0.3 is 0 Å². The SMILES string of the molecule is CN1CCC[C@@H]1CCn1cnc2cccnc2c1=O. The molecule has 1 aliphatic rings. The van der Waals surface area contributed by atoms with Crippen molar-refractivity contribution in [3.8, 4) is 0 Å². The van der Waals surface area contributed by atoms with E-state index >= 15 is 0 Å². The van der Waals surface area contributed by atoms with Gasteiger partial charge in [0.05, 0.1) is 11.8 Å². The van der Waals surface area contributed by atoms with Gasteiger partial charge in [-0.05, 0) is 45.0 Å². The molecule has 1 atom stereocenters. The summed E-state index contributed by atoms with van der Waals surface area (Å²) in [5, 5.41) is 0. The van der Waals surface area contributed by atoms with Gasteiger partial charge in [-0.15, -0.1) is 0 Å². The number of fused-ring (bicyclic) bond motifs is 1. The van der Waals surface area contributed by atoms with Crippen LogP contribution in [0.3, 0.4) is 0 Å². The summed E-state index contributed by atoms with van der Waals surface area (Å²) in [5.41, 5.74) is 1.10. The Hall–Kier alpha value is -1.75. The number of likely N-dealkylation sites (tertiary alicyclic amines) is 1. The van der Waals surface area contributed by atoms with Gasteiger partial charge in [0.15, 0.2) is 5.52 Å². The Morgan fingerprint density at radius 2 is 2.32 bits per heavy atom. The first kappa shape index (κ1) is 12.3. The first-order chi connectivity index (χ1) is 9.25. The van der Waals surface area contributed by atoms with Crippen LogP contribution < -0.4 is 5.56 Å². The highest BCUT2D eigenvalue weighted by Gasteiger charge is 2.20. The van der Waals surface area contributed by atoms with Crippen molar-refractivity contribution in [2.75, 3.05) is 13.6 Å². The van der Waals surface area contributed by atoms with Crippen molar-refractivity contribution in [3.05, 3.63) is 35.0 Å². The molecule has 0 spiro atoms. The summed E-state index contributed by atoms with van der Waals surface area (Å²) in [6.07, 6.45) is 6.76. The normalized spacial score (nSPS) is 20.2. The van der Waals surface area contributed by atoms with Crippen molar-refractivity contribution >= 4 is 11.0 Å². The standard InChI is InChI=1S/C14H18N4O/c1-17-8-3-4-11(17)6-9-18-10-16-12-5-2-7-15-13(12)14(18)19/h2,5,7,10-11H,3-4,6,8-9H2,1H3/t11-/m1/s1. The fourth-order valence-corrected chi connectivity index (χ4v) is 2.78. The molecule has 0 aliphatic carbocycles. The Bertz CT molecular complexity index is 637. The summed E-state index contributed by atoms with van der Waals surface area (Å²) >= 11 is 0. The van der Waals surface area contributed by atoms with E-state index in [1.807, 2.05) is 6.07 Å². The molecule has 0 radical (unpaired) electrons. The molecule has 1 fully saturated rings. The molecule has 5 heteroatoms. The molecule has 19 heavy (non-hydrogen) atoms. The molecule has 1 aliphatic heterocycles. The fraction of sp³-hybridized carbons (Fsp3) is 0.500. The third-order valence-corrected chi connectivity index (χ3v) is 3.96. The van der Waals surface area contributed by atoms with Gasteiger partial charge < -0.3 is 4.90 Å². The van der Waals surface area contributed by atoms with Gasteiger partial charge in [0.25, 0.3) is 5.56 Å². The van der Waals surface area contributed by atoms with Gasteiger partial charge in [0, 0.05) is 18.8 Å².